The molecule has 0 amide bonds. The first kappa shape index (κ1) is 9.32. The third-order valence-corrected chi connectivity index (χ3v) is 2.69. The van der Waals surface area contributed by atoms with E-state index >= 15 is 0 Å². The van der Waals surface area contributed by atoms with Crippen LogP contribution < -0.4 is 5.32 Å². The number of rotatable bonds is 1. The van der Waals surface area contributed by atoms with Crippen LogP contribution in [0, 0.1) is 0 Å². The first-order valence-corrected chi connectivity index (χ1v) is 5.25. The average Bonchev–Trinajstić information content (AvgIpc) is 2.16. The van der Waals surface area contributed by atoms with Crippen LogP contribution >= 0.6 is 0 Å². The molecular weight excluding hydrogens is 170 g/mol. The third kappa shape index (κ3) is 1.67. The van der Waals surface area contributed by atoms with Crippen LogP contribution in [-0.4, -0.2) is 6.04 Å². The Hall–Kier alpha value is -1.24. The minimum absolute atomic E-state index is 0.451. The summed E-state index contributed by atoms with van der Waals surface area (Å²) in [5.41, 5.74) is 3.98. The number of nitrogens with one attached hydrogen (secondary N) is 1. The molecule has 0 radical (unpaired) electrons. The van der Waals surface area contributed by atoms with Crippen LogP contribution in [0.5, 0.6) is 0 Å². The summed E-state index contributed by atoms with van der Waals surface area (Å²) >= 11 is 0. The maximum absolute atomic E-state index is 3.44. The summed E-state index contributed by atoms with van der Waals surface area (Å²) in [6, 6.07) is 7.12. The third-order valence-electron chi connectivity index (χ3n) is 2.69. The fourth-order valence-corrected chi connectivity index (χ4v) is 1.75. The van der Waals surface area contributed by atoms with Crippen molar-refractivity contribution in [2.45, 2.75) is 32.7 Å². The van der Waals surface area contributed by atoms with Gasteiger partial charge in [0.05, 0.1) is 0 Å². The predicted octanol–water partition coefficient (Wildman–Crippen LogP) is 3.64. The molecule has 2 rings (SSSR count). The van der Waals surface area contributed by atoms with E-state index in [1.165, 1.54) is 16.8 Å². The van der Waals surface area contributed by atoms with Gasteiger partial charge in [-0.1, -0.05) is 32.1 Å². The molecule has 1 aromatic rings. The number of hydrogen-bond donors (Lipinski definition) is 1. The van der Waals surface area contributed by atoms with Crippen molar-refractivity contribution in [2.75, 3.05) is 5.32 Å². The van der Waals surface area contributed by atoms with E-state index in [1.807, 2.05) is 0 Å². The highest BCUT2D eigenvalue weighted by Gasteiger charge is 2.09. The topological polar surface area (TPSA) is 12.0 Å². The molecule has 1 aromatic carbocycles. The summed E-state index contributed by atoms with van der Waals surface area (Å²) in [7, 11) is 0. The Kier molecular flexibility index (Phi) is 2.32. The highest BCUT2D eigenvalue weighted by Crippen LogP contribution is 2.26. The van der Waals surface area contributed by atoms with E-state index in [9.17, 15) is 0 Å². The second-order valence-electron chi connectivity index (χ2n) is 4.29. The van der Waals surface area contributed by atoms with Gasteiger partial charge >= 0.3 is 0 Å². The molecule has 0 bridgehead atoms. The van der Waals surface area contributed by atoms with Gasteiger partial charge in [0.1, 0.15) is 0 Å². The minimum atomic E-state index is 0.451. The van der Waals surface area contributed by atoms with Crippen molar-refractivity contribution in [1.82, 2.24) is 0 Å². The largest absolute Gasteiger partial charge is 0.379 e. The van der Waals surface area contributed by atoms with Crippen LogP contribution in [-0.2, 0) is 0 Å². The van der Waals surface area contributed by atoms with Gasteiger partial charge in [0.25, 0.3) is 0 Å². The van der Waals surface area contributed by atoms with Crippen molar-refractivity contribution in [3.8, 4) is 0 Å². The Morgan fingerprint density at radius 3 is 2.79 bits per heavy atom. The Bertz CT molecular complexity index is 363. The number of hydrogen-bond acceptors (Lipinski definition) is 1. The molecule has 14 heavy (non-hydrogen) atoms. The van der Waals surface area contributed by atoms with Gasteiger partial charge in [-0.3, -0.25) is 0 Å². The zero-order valence-corrected chi connectivity index (χ0v) is 9.04. The molecule has 1 aliphatic heterocycles. The molecule has 1 atom stereocenters. The van der Waals surface area contributed by atoms with Crippen molar-refractivity contribution >= 4 is 11.8 Å². The van der Waals surface area contributed by atoms with Crippen LogP contribution in [0.3, 0.4) is 0 Å². The molecule has 1 heteroatoms. The highest BCUT2D eigenvalue weighted by molar-refractivity contribution is 5.71. The van der Waals surface area contributed by atoms with E-state index in [-0.39, 0.29) is 0 Å². The van der Waals surface area contributed by atoms with Gasteiger partial charge < -0.3 is 5.32 Å². The molecule has 0 saturated carbocycles. The van der Waals surface area contributed by atoms with Gasteiger partial charge in [-0.25, -0.2) is 0 Å². The minimum Gasteiger partial charge on any atom is -0.379 e. The second kappa shape index (κ2) is 3.49. The molecule has 1 unspecified atom stereocenters. The summed E-state index contributed by atoms with van der Waals surface area (Å²) in [5, 5.41) is 3.44. The summed E-state index contributed by atoms with van der Waals surface area (Å²) in [4.78, 5) is 0. The van der Waals surface area contributed by atoms with Gasteiger partial charge in [0, 0.05) is 11.7 Å². The Morgan fingerprint density at radius 2 is 2.07 bits per heavy atom. The quantitative estimate of drug-likeness (QED) is 0.707. The molecule has 1 N–H and O–H groups in total. The Balaban J connectivity index is 2.39. The van der Waals surface area contributed by atoms with E-state index < -0.39 is 0 Å². The lowest BCUT2D eigenvalue weighted by molar-refractivity contribution is 0.865. The van der Waals surface area contributed by atoms with Gasteiger partial charge in [-0.15, -0.1) is 0 Å². The number of benzene rings is 1. The van der Waals surface area contributed by atoms with E-state index in [0.29, 0.717) is 12.0 Å². The molecule has 1 heterocycles. The molecule has 0 spiro atoms. The zero-order valence-electron chi connectivity index (χ0n) is 9.04. The maximum Gasteiger partial charge on any atom is 0.0419 e. The van der Waals surface area contributed by atoms with Gasteiger partial charge in [-0.05, 0) is 36.1 Å². The molecule has 0 aliphatic carbocycles. The molecular formula is C13H17N. The molecule has 0 aromatic heterocycles. The van der Waals surface area contributed by atoms with E-state index in [0.717, 1.165) is 0 Å². The summed E-state index contributed by atoms with van der Waals surface area (Å²) in [6.45, 7) is 6.62. The van der Waals surface area contributed by atoms with E-state index in [2.05, 4.69) is 56.4 Å². The number of fused-ring (bicyclic) bond motifs is 1. The normalized spacial score (nSPS) is 19.3. The molecule has 0 saturated heterocycles. The SMILES string of the molecule is CC1C=Cc2cc(C(C)C)ccc2N1. The van der Waals surface area contributed by atoms with E-state index in [1.54, 1.807) is 0 Å². The van der Waals surface area contributed by atoms with Crippen LogP contribution in [0.2, 0.25) is 0 Å². The van der Waals surface area contributed by atoms with Crippen LogP contribution in [0.25, 0.3) is 6.08 Å². The zero-order chi connectivity index (χ0) is 10.1. The first-order valence-electron chi connectivity index (χ1n) is 5.25. The van der Waals surface area contributed by atoms with Crippen molar-refractivity contribution < 1.29 is 0 Å². The highest BCUT2D eigenvalue weighted by atomic mass is 14.9. The maximum atomic E-state index is 3.44. The summed E-state index contributed by atoms with van der Waals surface area (Å²) < 4.78 is 0. The predicted molar refractivity (Wildman–Crippen MR) is 62.6 cm³/mol. The fourth-order valence-electron chi connectivity index (χ4n) is 1.75. The van der Waals surface area contributed by atoms with Gasteiger partial charge in [0.15, 0.2) is 0 Å². The number of anilines is 1. The Morgan fingerprint density at radius 1 is 1.29 bits per heavy atom. The summed E-state index contributed by atoms with van der Waals surface area (Å²) in [5.74, 6) is 0.605. The average molecular weight is 187 g/mol. The van der Waals surface area contributed by atoms with Crippen molar-refractivity contribution in [3.63, 3.8) is 0 Å². The summed E-state index contributed by atoms with van der Waals surface area (Å²) in [6.07, 6.45) is 4.41. The van der Waals surface area contributed by atoms with Crippen LogP contribution in [0.1, 0.15) is 37.8 Å². The second-order valence-corrected chi connectivity index (χ2v) is 4.29. The lowest BCUT2D eigenvalue weighted by atomic mass is 9.97. The van der Waals surface area contributed by atoms with Crippen LogP contribution in [0.15, 0.2) is 24.3 Å². The van der Waals surface area contributed by atoms with Crippen molar-refractivity contribution in [2.24, 2.45) is 0 Å². The molecule has 1 nitrogen and oxygen atoms in total. The van der Waals surface area contributed by atoms with Gasteiger partial charge in [-0.2, -0.15) is 0 Å². The van der Waals surface area contributed by atoms with Crippen LogP contribution in [0.4, 0.5) is 5.69 Å². The fraction of sp³-hybridized carbons (Fsp3) is 0.385. The lowest BCUT2D eigenvalue weighted by Gasteiger charge is -2.20. The smallest absolute Gasteiger partial charge is 0.0419 e. The standard InChI is InChI=1S/C13H17N/c1-9(2)11-6-7-13-12(8-11)5-4-10(3)14-13/h4-10,14H,1-3H3. The van der Waals surface area contributed by atoms with Crippen molar-refractivity contribution in [3.05, 3.63) is 35.4 Å². The Labute approximate surface area is 85.8 Å². The monoisotopic (exact) mass is 187 g/mol. The molecule has 0 fully saturated rings. The van der Waals surface area contributed by atoms with Gasteiger partial charge in [0.2, 0.25) is 0 Å². The van der Waals surface area contributed by atoms with E-state index in [4.69, 9.17) is 0 Å². The lowest BCUT2D eigenvalue weighted by Crippen LogP contribution is -2.15. The molecule has 74 valence electrons. The van der Waals surface area contributed by atoms with Crippen molar-refractivity contribution in [1.29, 1.82) is 0 Å². The first-order chi connectivity index (χ1) is 6.66. The molecule has 1 aliphatic rings.